The molecule has 1 N–H and O–H groups in total. The normalized spacial score (nSPS) is 21.8. The fourth-order valence-electron chi connectivity index (χ4n) is 3.36. The fourth-order valence-corrected chi connectivity index (χ4v) is 3.36. The van der Waals surface area contributed by atoms with Gasteiger partial charge in [0.15, 0.2) is 0 Å². The second kappa shape index (κ2) is 6.02. The number of aryl methyl sites for hydroxylation is 1. The van der Waals surface area contributed by atoms with Gasteiger partial charge in [-0.25, -0.2) is 9.78 Å². The predicted molar refractivity (Wildman–Crippen MR) is 90.7 cm³/mol. The third-order valence-electron chi connectivity index (χ3n) is 4.83. The highest BCUT2D eigenvalue weighted by Crippen LogP contribution is 2.34. The minimum atomic E-state index is -0.302. The lowest BCUT2D eigenvalue weighted by Gasteiger charge is -2.45. The number of carbonyl (C=O) groups excluding carboxylic acids is 1. The van der Waals surface area contributed by atoms with Crippen LogP contribution in [0.3, 0.4) is 0 Å². The molecular weight excluding hydrogens is 320 g/mol. The molecule has 0 spiro atoms. The second-order valence-corrected chi connectivity index (χ2v) is 7.18. The third-order valence-corrected chi connectivity index (χ3v) is 4.83. The Hall–Kier alpha value is -2.64. The van der Waals surface area contributed by atoms with Gasteiger partial charge in [-0.05, 0) is 26.2 Å². The highest BCUT2D eigenvalue weighted by atomic mass is 16.4. The molecule has 0 radical (unpaired) electrons. The first-order chi connectivity index (χ1) is 12.0. The van der Waals surface area contributed by atoms with Gasteiger partial charge < -0.3 is 19.2 Å². The van der Waals surface area contributed by atoms with E-state index in [0.717, 1.165) is 19.3 Å². The SMILES string of the molecule is Cn1cnc(-c2nnc(C3(C)CN(C(=O)NC4CC=CCC4)C3)o2)c1. The summed E-state index contributed by atoms with van der Waals surface area (Å²) < 4.78 is 7.63. The number of hydrogen-bond acceptors (Lipinski definition) is 5. The summed E-state index contributed by atoms with van der Waals surface area (Å²) in [6, 6.07) is 0.228. The summed E-state index contributed by atoms with van der Waals surface area (Å²) in [4.78, 5) is 18.4. The minimum Gasteiger partial charge on any atom is -0.418 e. The molecule has 2 aliphatic rings. The zero-order valence-electron chi connectivity index (χ0n) is 14.5. The summed E-state index contributed by atoms with van der Waals surface area (Å²) in [5.41, 5.74) is 0.355. The monoisotopic (exact) mass is 342 g/mol. The van der Waals surface area contributed by atoms with Crippen molar-refractivity contribution in [2.45, 2.75) is 37.6 Å². The summed E-state index contributed by atoms with van der Waals surface area (Å²) in [6.45, 7) is 3.19. The molecule has 4 rings (SSSR count). The first-order valence-electron chi connectivity index (χ1n) is 8.56. The Kier molecular flexibility index (Phi) is 3.82. The van der Waals surface area contributed by atoms with E-state index < -0.39 is 0 Å². The Morgan fingerprint density at radius 1 is 1.36 bits per heavy atom. The maximum Gasteiger partial charge on any atom is 0.317 e. The Balaban J connectivity index is 1.37. The number of aromatic nitrogens is 4. The summed E-state index contributed by atoms with van der Waals surface area (Å²) in [6.07, 6.45) is 10.8. The van der Waals surface area contributed by atoms with E-state index in [0.29, 0.717) is 30.6 Å². The molecule has 1 aliphatic carbocycles. The Bertz CT molecular complexity index is 802. The van der Waals surface area contributed by atoms with Gasteiger partial charge >= 0.3 is 6.03 Å². The van der Waals surface area contributed by atoms with Crippen LogP contribution < -0.4 is 5.32 Å². The molecule has 8 heteroatoms. The number of allylic oxidation sites excluding steroid dienone is 1. The number of likely N-dealkylation sites (tertiary alicyclic amines) is 1. The summed E-state index contributed by atoms with van der Waals surface area (Å²) in [5.74, 6) is 0.964. The number of imidazole rings is 1. The highest BCUT2D eigenvalue weighted by Gasteiger charge is 2.47. The lowest BCUT2D eigenvalue weighted by molar-refractivity contribution is 0.0831. The number of rotatable bonds is 3. The van der Waals surface area contributed by atoms with E-state index in [9.17, 15) is 4.79 Å². The van der Waals surface area contributed by atoms with Gasteiger partial charge in [0.2, 0.25) is 5.89 Å². The van der Waals surface area contributed by atoms with E-state index in [4.69, 9.17) is 4.42 Å². The van der Waals surface area contributed by atoms with Crippen LogP contribution in [0.4, 0.5) is 4.79 Å². The van der Waals surface area contributed by atoms with Crippen molar-refractivity contribution in [3.8, 4) is 11.6 Å². The summed E-state index contributed by atoms with van der Waals surface area (Å²) >= 11 is 0. The maximum atomic E-state index is 12.4. The molecule has 2 aromatic rings. The van der Waals surface area contributed by atoms with Gasteiger partial charge in [0.1, 0.15) is 5.69 Å². The van der Waals surface area contributed by atoms with Gasteiger partial charge in [-0.15, -0.1) is 10.2 Å². The fraction of sp³-hybridized carbons (Fsp3) is 0.529. The average molecular weight is 342 g/mol. The van der Waals surface area contributed by atoms with E-state index in [1.54, 1.807) is 11.2 Å². The molecule has 25 heavy (non-hydrogen) atoms. The number of hydrogen-bond donors (Lipinski definition) is 1. The molecule has 2 aromatic heterocycles. The minimum absolute atomic E-state index is 0.0118. The number of amides is 2. The summed E-state index contributed by atoms with van der Waals surface area (Å²) in [5, 5.41) is 11.4. The van der Waals surface area contributed by atoms with Crippen LogP contribution in [0, 0.1) is 0 Å². The van der Waals surface area contributed by atoms with Crippen molar-refractivity contribution >= 4 is 6.03 Å². The van der Waals surface area contributed by atoms with Crippen LogP contribution in [0.15, 0.2) is 29.1 Å². The van der Waals surface area contributed by atoms with Gasteiger partial charge in [-0.2, -0.15) is 0 Å². The second-order valence-electron chi connectivity index (χ2n) is 7.18. The summed E-state index contributed by atoms with van der Waals surface area (Å²) in [7, 11) is 1.89. The molecule has 1 fully saturated rings. The van der Waals surface area contributed by atoms with Crippen LogP contribution in [-0.2, 0) is 12.5 Å². The van der Waals surface area contributed by atoms with Crippen molar-refractivity contribution in [3.05, 3.63) is 30.6 Å². The lowest BCUT2D eigenvalue weighted by Crippen LogP contribution is -2.62. The van der Waals surface area contributed by atoms with Crippen LogP contribution >= 0.6 is 0 Å². The molecule has 0 aromatic carbocycles. The van der Waals surface area contributed by atoms with Crippen LogP contribution in [0.25, 0.3) is 11.6 Å². The zero-order valence-corrected chi connectivity index (χ0v) is 14.5. The molecule has 1 unspecified atom stereocenters. The molecule has 0 saturated carbocycles. The topological polar surface area (TPSA) is 89.1 Å². The molecule has 2 amide bonds. The molecule has 8 nitrogen and oxygen atoms in total. The largest absolute Gasteiger partial charge is 0.418 e. The van der Waals surface area contributed by atoms with Crippen LogP contribution in [0.5, 0.6) is 0 Å². The van der Waals surface area contributed by atoms with Crippen LogP contribution in [0.2, 0.25) is 0 Å². The van der Waals surface area contributed by atoms with Gasteiger partial charge in [-0.1, -0.05) is 12.2 Å². The molecule has 1 aliphatic heterocycles. The standard InChI is InChI=1S/C17H22N6O2/c1-17(15-21-20-14(25-15)13-8-22(2)11-18-13)9-23(10-17)16(24)19-12-6-4-3-5-7-12/h3-4,8,11-12H,5-7,9-10H2,1-2H3,(H,19,24). The Labute approximate surface area is 145 Å². The smallest absolute Gasteiger partial charge is 0.317 e. The quantitative estimate of drug-likeness (QED) is 0.860. The molecule has 1 saturated heterocycles. The number of nitrogens with one attached hydrogen (secondary N) is 1. The molecule has 132 valence electrons. The van der Waals surface area contributed by atoms with E-state index in [-0.39, 0.29) is 17.5 Å². The first kappa shape index (κ1) is 15.9. The first-order valence-corrected chi connectivity index (χ1v) is 8.56. The third kappa shape index (κ3) is 3.04. The molecule has 3 heterocycles. The van der Waals surface area contributed by atoms with Crippen molar-refractivity contribution < 1.29 is 9.21 Å². The number of urea groups is 1. The Morgan fingerprint density at radius 3 is 2.88 bits per heavy atom. The van der Waals surface area contributed by atoms with Crippen molar-refractivity contribution in [1.29, 1.82) is 0 Å². The van der Waals surface area contributed by atoms with Crippen molar-refractivity contribution in [3.63, 3.8) is 0 Å². The number of carbonyl (C=O) groups is 1. The van der Waals surface area contributed by atoms with E-state index in [2.05, 4.69) is 32.7 Å². The lowest BCUT2D eigenvalue weighted by atomic mass is 9.82. The Morgan fingerprint density at radius 2 is 2.20 bits per heavy atom. The molecular formula is C17H22N6O2. The average Bonchev–Trinajstić information content (AvgIpc) is 3.22. The van der Waals surface area contributed by atoms with Crippen LogP contribution in [-0.4, -0.2) is 49.8 Å². The predicted octanol–water partition coefficient (Wildman–Crippen LogP) is 1.86. The molecule has 1 atom stereocenters. The van der Waals surface area contributed by atoms with Gasteiger partial charge in [0.25, 0.3) is 5.89 Å². The maximum absolute atomic E-state index is 12.4. The van der Waals surface area contributed by atoms with Crippen molar-refractivity contribution in [2.75, 3.05) is 13.1 Å². The van der Waals surface area contributed by atoms with Gasteiger partial charge in [0, 0.05) is 32.4 Å². The molecule has 0 bridgehead atoms. The number of nitrogens with zero attached hydrogens (tertiary/aromatic N) is 5. The highest BCUT2D eigenvalue weighted by molar-refractivity contribution is 5.76. The van der Waals surface area contributed by atoms with Crippen LogP contribution in [0.1, 0.15) is 32.1 Å². The van der Waals surface area contributed by atoms with Crippen molar-refractivity contribution in [1.82, 2.24) is 30.0 Å². The van der Waals surface area contributed by atoms with Gasteiger partial charge in [-0.3, -0.25) is 0 Å². The van der Waals surface area contributed by atoms with E-state index in [1.165, 1.54) is 0 Å². The zero-order chi connectivity index (χ0) is 17.4. The van der Waals surface area contributed by atoms with Crippen molar-refractivity contribution in [2.24, 2.45) is 7.05 Å². The van der Waals surface area contributed by atoms with E-state index >= 15 is 0 Å². The van der Waals surface area contributed by atoms with Gasteiger partial charge in [0.05, 0.1) is 11.7 Å². The van der Waals surface area contributed by atoms with E-state index in [1.807, 2.05) is 24.7 Å².